The van der Waals surface area contributed by atoms with Crippen LogP contribution in [0.1, 0.15) is 108 Å². The first-order valence-electron chi connectivity index (χ1n) is 32.2. The lowest BCUT2D eigenvalue weighted by atomic mass is 9.99. The number of benzene rings is 3. The van der Waals surface area contributed by atoms with Crippen LogP contribution < -0.4 is 47.9 Å². The molecule has 91 heavy (non-hydrogen) atoms. The third-order valence-corrected chi connectivity index (χ3v) is 17.3. The van der Waals surface area contributed by atoms with Crippen LogP contribution in [-0.2, 0) is 76.7 Å². The van der Waals surface area contributed by atoms with Crippen molar-refractivity contribution in [2.75, 3.05) is 85.3 Å². The maximum Gasteiger partial charge on any atom is 0.407 e. The molecule has 24 nitrogen and oxygen atoms in total. The molecule has 6 rings (SSSR count). The van der Waals surface area contributed by atoms with Crippen LogP contribution in [0.15, 0.2) is 91.0 Å². The predicted molar refractivity (Wildman–Crippen MR) is 344 cm³/mol. The van der Waals surface area contributed by atoms with Gasteiger partial charge < -0.3 is 76.4 Å². The van der Waals surface area contributed by atoms with Gasteiger partial charge in [-0.05, 0) is 80.4 Å². The van der Waals surface area contributed by atoms with Crippen molar-refractivity contribution in [2.24, 2.45) is 5.92 Å². The van der Waals surface area contributed by atoms with E-state index >= 15 is 0 Å². The van der Waals surface area contributed by atoms with Crippen LogP contribution >= 0.6 is 11.8 Å². The fraction of sp³-hybridized carbons (Fsp3) is 0.591. The van der Waals surface area contributed by atoms with Crippen molar-refractivity contribution in [1.82, 2.24) is 52.8 Å². The summed E-state index contributed by atoms with van der Waals surface area (Å²) >= 11 is 1.88. The first-order chi connectivity index (χ1) is 44.1. The molecule has 500 valence electrons. The van der Waals surface area contributed by atoms with Gasteiger partial charge in [0.05, 0.1) is 64.9 Å². The fourth-order valence-electron chi connectivity index (χ4n) is 10.8. The van der Waals surface area contributed by atoms with Crippen molar-refractivity contribution in [2.45, 2.75) is 158 Å². The number of carbonyl (C=O) groups excluding carboxylic acids is 9. The van der Waals surface area contributed by atoms with E-state index in [1.807, 2.05) is 117 Å². The number of carbonyl (C=O) groups is 9. The minimum absolute atomic E-state index is 0.00157. The highest BCUT2D eigenvalue weighted by Crippen LogP contribution is 2.33. The van der Waals surface area contributed by atoms with Crippen molar-refractivity contribution in [1.29, 1.82) is 0 Å². The van der Waals surface area contributed by atoms with Gasteiger partial charge in [-0.15, -0.1) is 0 Å². The van der Waals surface area contributed by atoms with Gasteiger partial charge in [-0.3, -0.25) is 33.6 Å². The standard InChI is InChI=1S/C66H96N10O14S/c1-46(2)41-52-61(80)71-51(26-16-17-30-67-58(78)29-33-86-35-37-88-39-40-89-38-36-87-34-32-68-57(77)28-14-13-27-56-59-54(45-91-56)74-65(84)75-59)64(83)76(3)55(43-48-21-9-5-10-22-48)63(82)73-53(42-47-19-7-4-8-20-47)62(81)70-50(60(79)72-52)25-15-18-31-69-66(85)90-44-49-23-11-6-12-24-49/h4-12,19-24,46,50-56,59H,13-18,25-45H2,1-3H3,(H,67,78)(H,68,77)(H,69,85)(H,70,81)(H,71,80)(H,72,79)(H,73,82)(H2,74,75,84)/t50-,51-,52-,53-,54-,55+,56-,59-/m0/s1. The summed E-state index contributed by atoms with van der Waals surface area (Å²) in [7, 11) is 1.50. The molecule has 3 aliphatic rings. The van der Waals surface area contributed by atoms with Crippen LogP contribution in [0.25, 0.3) is 0 Å². The zero-order valence-electron chi connectivity index (χ0n) is 53.0. The lowest BCUT2D eigenvalue weighted by Gasteiger charge is -2.32. The Bertz CT molecular complexity index is 2720. The van der Waals surface area contributed by atoms with Crippen molar-refractivity contribution in [3.05, 3.63) is 108 Å². The zero-order valence-corrected chi connectivity index (χ0v) is 53.8. The largest absolute Gasteiger partial charge is 0.445 e. The number of thioether (sulfide) groups is 1. The molecule has 3 fully saturated rings. The summed E-state index contributed by atoms with van der Waals surface area (Å²) in [6.07, 6.45) is 4.88. The number of hydrogen-bond donors (Lipinski definition) is 9. The normalized spacial score (nSPS) is 21.3. The Morgan fingerprint density at radius 1 is 0.516 bits per heavy atom. The molecular formula is C66H96N10O14S. The number of likely N-dealkylation sites (N-methyl/N-ethyl adjacent to an activating group) is 1. The first-order valence-corrected chi connectivity index (χ1v) is 33.2. The molecule has 3 saturated heterocycles. The van der Waals surface area contributed by atoms with Crippen LogP contribution in [0.4, 0.5) is 9.59 Å². The van der Waals surface area contributed by atoms with Gasteiger partial charge in [0.1, 0.15) is 36.8 Å². The second-order valence-electron chi connectivity index (χ2n) is 23.5. The van der Waals surface area contributed by atoms with E-state index in [4.69, 9.17) is 23.7 Å². The van der Waals surface area contributed by atoms with Gasteiger partial charge in [-0.2, -0.15) is 11.8 Å². The number of rotatable bonds is 38. The number of nitrogens with one attached hydrogen (secondary N) is 9. The molecule has 0 unspecified atom stereocenters. The number of hydrogen-bond acceptors (Lipinski definition) is 15. The summed E-state index contributed by atoms with van der Waals surface area (Å²) in [6, 6.07) is 22.1. The molecule has 0 aromatic heterocycles. The predicted octanol–water partition coefficient (Wildman–Crippen LogP) is 3.98. The summed E-state index contributed by atoms with van der Waals surface area (Å²) in [5, 5.41) is 26.5. The van der Waals surface area contributed by atoms with Crippen molar-refractivity contribution in [3.63, 3.8) is 0 Å². The van der Waals surface area contributed by atoms with Crippen molar-refractivity contribution in [3.8, 4) is 0 Å². The van der Waals surface area contributed by atoms with Gasteiger partial charge in [-0.1, -0.05) is 111 Å². The number of nitrogens with zero attached hydrogens (tertiary/aromatic N) is 1. The Morgan fingerprint density at radius 3 is 1.67 bits per heavy atom. The van der Waals surface area contributed by atoms with E-state index in [-0.39, 0.29) is 107 Å². The average molecular weight is 1290 g/mol. The van der Waals surface area contributed by atoms with Gasteiger partial charge in [0.2, 0.25) is 41.4 Å². The van der Waals surface area contributed by atoms with Gasteiger partial charge in [-0.25, -0.2) is 9.59 Å². The van der Waals surface area contributed by atoms with Crippen LogP contribution in [0, 0.1) is 5.92 Å². The van der Waals surface area contributed by atoms with Gasteiger partial charge in [0.25, 0.3) is 0 Å². The van der Waals surface area contributed by atoms with Crippen LogP contribution in [0.3, 0.4) is 0 Å². The third-order valence-electron chi connectivity index (χ3n) is 15.8. The smallest absolute Gasteiger partial charge is 0.407 e. The van der Waals surface area contributed by atoms with Gasteiger partial charge in [0.15, 0.2) is 0 Å². The Balaban J connectivity index is 0.932. The highest BCUT2D eigenvalue weighted by atomic mass is 32.2. The minimum Gasteiger partial charge on any atom is -0.445 e. The van der Waals surface area contributed by atoms with E-state index in [1.54, 1.807) is 0 Å². The topological polar surface area (TPSA) is 311 Å². The number of ether oxygens (including phenoxy) is 5. The van der Waals surface area contributed by atoms with Crippen molar-refractivity contribution < 1.29 is 66.8 Å². The van der Waals surface area contributed by atoms with Gasteiger partial charge >= 0.3 is 12.1 Å². The highest BCUT2D eigenvalue weighted by molar-refractivity contribution is 8.00. The molecule has 25 heteroatoms. The van der Waals surface area contributed by atoms with E-state index in [0.29, 0.717) is 83.5 Å². The molecule has 3 aliphatic heterocycles. The van der Waals surface area contributed by atoms with Crippen LogP contribution in [0.2, 0.25) is 0 Å². The second-order valence-corrected chi connectivity index (χ2v) is 24.7. The zero-order chi connectivity index (χ0) is 65.0. The Morgan fingerprint density at radius 2 is 1.02 bits per heavy atom. The molecule has 0 aliphatic carbocycles. The highest BCUT2D eigenvalue weighted by Gasteiger charge is 2.43. The second kappa shape index (κ2) is 41.2. The molecule has 10 amide bonds. The molecule has 0 saturated carbocycles. The monoisotopic (exact) mass is 1280 g/mol. The van der Waals surface area contributed by atoms with E-state index < -0.39 is 65.8 Å². The molecule has 0 radical (unpaired) electrons. The summed E-state index contributed by atoms with van der Waals surface area (Å²) in [5.74, 6) is -2.44. The maximum atomic E-state index is 14.9. The third kappa shape index (κ3) is 27.6. The van der Waals surface area contributed by atoms with E-state index in [2.05, 4.69) is 47.9 Å². The maximum absolute atomic E-state index is 14.9. The number of unbranched alkanes of at least 4 members (excludes halogenated alkanes) is 3. The Kier molecular flexibility index (Phi) is 32.9. The molecular weight excluding hydrogens is 1190 g/mol. The number of amides is 10. The summed E-state index contributed by atoms with van der Waals surface area (Å²) < 4.78 is 27.7. The first kappa shape index (κ1) is 72.7. The lowest BCUT2D eigenvalue weighted by molar-refractivity contribution is -0.143. The molecule has 3 aromatic rings. The average Bonchev–Trinajstić information content (AvgIpc) is 2.22. The van der Waals surface area contributed by atoms with Crippen LogP contribution in [-0.4, -0.2) is 191 Å². The Hall–Kier alpha value is -7.32. The van der Waals surface area contributed by atoms with E-state index in [0.717, 1.165) is 41.7 Å². The fourth-order valence-corrected chi connectivity index (χ4v) is 12.3. The molecule has 0 bridgehead atoms. The summed E-state index contributed by atoms with van der Waals surface area (Å²) in [6.45, 7) is 7.45. The molecule has 8 atom stereocenters. The summed E-state index contributed by atoms with van der Waals surface area (Å²) in [4.78, 5) is 124. The number of fused-ring (bicyclic) bond motifs is 1. The van der Waals surface area contributed by atoms with Crippen LogP contribution in [0.5, 0.6) is 0 Å². The van der Waals surface area contributed by atoms with Gasteiger partial charge in [0, 0.05) is 63.4 Å². The van der Waals surface area contributed by atoms with E-state index in [9.17, 15) is 43.2 Å². The Labute approximate surface area is 539 Å². The number of urea groups is 1. The quantitative estimate of drug-likeness (QED) is 0.0290. The molecule has 3 heterocycles. The van der Waals surface area contributed by atoms with Crippen molar-refractivity contribution >= 4 is 65.2 Å². The lowest BCUT2D eigenvalue weighted by Crippen LogP contribution is -2.58. The van der Waals surface area contributed by atoms with E-state index in [1.165, 1.54) is 11.9 Å². The minimum atomic E-state index is -1.19. The number of alkyl carbamates (subject to hydrolysis) is 1. The molecule has 0 spiro atoms. The molecule has 3 aromatic carbocycles. The summed E-state index contributed by atoms with van der Waals surface area (Å²) in [5.41, 5.74) is 2.32. The SMILES string of the molecule is CC(C)C[C@@H]1NC(=O)[C@H](CCCCNC(=O)OCc2ccccc2)NC(=O)[C@H](Cc2ccccc2)NC(=O)[C@@H](Cc2ccccc2)N(C)C(=O)[C@H](CCCCNC(=O)CCOCCOCCOCCOCCNC(=O)CCCC[C@@H]2SC[C@@H]3NC(=O)N[C@@H]32)NC1=O. The molecule has 9 N–H and O–H groups in total.